The lowest BCUT2D eigenvalue weighted by Crippen LogP contribution is -2.10. The number of hydrogen-bond acceptors (Lipinski definition) is 1. The molecule has 1 atom stereocenters. The molecule has 0 bridgehead atoms. The number of rotatable bonds is 5. The number of unbranched alkanes of at least 4 members (excludes halogenated alkanes) is 1. The van der Waals surface area contributed by atoms with Crippen LogP contribution in [0.5, 0.6) is 0 Å². The summed E-state index contributed by atoms with van der Waals surface area (Å²) in [6.45, 7) is 2.03. The first-order chi connectivity index (χ1) is 7.56. The van der Waals surface area contributed by atoms with Crippen LogP contribution in [0.25, 0.3) is 0 Å². The maximum absolute atomic E-state index is 13.2. The highest BCUT2D eigenvalue weighted by Crippen LogP contribution is 2.25. The fourth-order valence-corrected chi connectivity index (χ4v) is 1.54. The third-order valence-electron chi connectivity index (χ3n) is 2.56. The summed E-state index contributed by atoms with van der Waals surface area (Å²) in [6, 6.07) is 3.43. The van der Waals surface area contributed by atoms with Gasteiger partial charge in [0.2, 0.25) is 0 Å². The van der Waals surface area contributed by atoms with E-state index in [1.54, 1.807) is 0 Å². The molecule has 17 heavy (non-hydrogen) atoms. The summed E-state index contributed by atoms with van der Waals surface area (Å²) >= 11 is 0. The van der Waals surface area contributed by atoms with Gasteiger partial charge in [0.25, 0.3) is 6.43 Å². The van der Waals surface area contributed by atoms with E-state index in [0.717, 1.165) is 31.4 Å². The molecule has 1 aromatic rings. The molecule has 1 rings (SSSR count). The fourth-order valence-electron chi connectivity index (χ4n) is 1.54. The highest BCUT2D eigenvalue weighted by molar-refractivity contribution is 5.85. The van der Waals surface area contributed by atoms with Gasteiger partial charge in [-0.05, 0) is 18.1 Å². The maximum atomic E-state index is 13.2. The maximum Gasteiger partial charge on any atom is 0.266 e. The van der Waals surface area contributed by atoms with Crippen LogP contribution >= 0.6 is 12.4 Å². The van der Waals surface area contributed by atoms with Crippen LogP contribution in [0.3, 0.4) is 0 Å². The van der Waals surface area contributed by atoms with Crippen molar-refractivity contribution in [1.82, 2.24) is 0 Å². The molecule has 0 heterocycles. The van der Waals surface area contributed by atoms with Crippen molar-refractivity contribution in [3.8, 4) is 0 Å². The van der Waals surface area contributed by atoms with Gasteiger partial charge in [0.05, 0.1) is 5.56 Å². The first kappa shape index (κ1) is 16.3. The molecule has 0 aliphatic heterocycles. The molecular weight excluding hydrogens is 251 g/mol. The Balaban J connectivity index is 0.00000256. The van der Waals surface area contributed by atoms with E-state index in [0.29, 0.717) is 5.56 Å². The van der Waals surface area contributed by atoms with E-state index in [1.165, 1.54) is 6.07 Å². The van der Waals surface area contributed by atoms with Crippen LogP contribution in [0.2, 0.25) is 0 Å². The molecule has 0 aliphatic carbocycles. The Hall–Kier alpha value is -0.740. The van der Waals surface area contributed by atoms with Crippen molar-refractivity contribution < 1.29 is 13.2 Å². The second kappa shape index (κ2) is 7.56. The van der Waals surface area contributed by atoms with Gasteiger partial charge >= 0.3 is 0 Å². The van der Waals surface area contributed by atoms with Gasteiger partial charge in [-0.3, -0.25) is 0 Å². The Morgan fingerprint density at radius 3 is 2.41 bits per heavy atom. The van der Waals surface area contributed by atoms with Crippen molar-refractivity contribution in [2.75, 3.05) is 0 Å². The molecule has 0 aromatic heterocycles. The molecule has 0 spiro atoms. The van der Waals surface area contributed by atoms with E-state index in [2.05, 4.69) is 0 Å². The summed E-state index contributed by atoms with van der Waals surface area (Å²) < 4.78 is 37.8. The molecule has 0 amide bonds. The van der Waals surface area contributed by atoms with E-state index in [4.69, 9.17) is 5.73 Å². The van der Waals surface area contributed by atoms with Gasteiger partial charge in [0, 0.05) is 6.04 Å². The molecule has 1 aromatic carbocycles. The predicted molar refractivity (Wildman–Crippen MR) is 65.1 cm³/mol. The number of halogens is 4. The second-order valence-electron chi connectivity index (χ2n) is 3.83. The van der Waals surface area contributed by atoms with Crippen LogP contribution in [0.15, 0.2) is 18.2 Å². The zero-order valence-corrected chi connectivity index (χ0v) is 10.4. The molecule has 0 saturated carbocycles. The molecule has 0 aliphatic rings. The van der Waals surface area contributed by atoms with Crippen LogP contribution in [0.4, 0.5) is 13.2 Å². The van der Waals surface area contributed by atoms with E-state index >= 15 is 0 Å². The third kappa shape index (κ3) is 4.56. The van der Waals surface area contributed by atoms with Gasteiger partial charge in [-0.2, -0.15) is 0 Å². The average molecular weight is 268 g/mol. The minimum absolute atomic E-state index is 0. The minimum atomic E-state index is -2.78. The Kier molecular flexibility index (Phi) is 7.23. The summed E-state index contributed by atoms with van der Waals surface area (Å²) in [7, 11) is 0. The number of nitrogens with two attached hydrogens (primary N) is 1. The van der Waals surface area contributed by atoms with Crippen molar-refractivity contribution in [2.45, 2.75) is 38.7 Å². The van der Waals surface area contributed by atoms with Crippen molar-refractivity contribution in [2.24, 2.45) is 5.73 Å². The Morgan fingerprint density at radius 1 is 1.29 bits per heavy atom. The SMILES string of the molecule is CCCC[C@@H](N)c1ccc(C(F)F)c(F)c1.Cl. The Bertz CT molecular complexity index is 345. The zero-order valence-electron chi connectivity index (χ0n) is 9.63. The zero-order chi connectivity index (χ0) is 12.1. The number of hydrogen-bond donors (Lipinski definition) is 1. The molecule has 5 heteroatoms. The summed E-state index contributed by atoms with van der Waals surface area (Å²) in [5.41, 5.74) is 5.84. The minimum Gasteiger partial charge on any atom is -0.324 e. The van der Waals surface area contributed by atoms with Gasteiger partial charge in [-0.15, -0.1) is 12.4 Å². The summed E-state index contributed by atoms with van der Waals surface area (Å²) in [4.78, 5) is 0. The van der Waals surface area contributed by atoms with Crippen LogP contribution in [-0.4, -0.2) is 0 Å². The van der Waals surface area contributed by atoms with E-state index in [-0.39, 0.29) is 18.4 Å². The van der Waals surface area contributed by atoms with Crippen molar-refractivity contribution in [3.63, 3.8) is 0 Å². The van der Waals surface area contributed by atoms with Crippen molar-refractivity contribution >= 4 is 12.4 Å². The van der Waals surface area contributed by atoms with Gasteiger partial charge in [-0.1, -0.05) is 31.9 Å². The van der Waals surface area contributed by atoms with Gasteiger partial charge in [0.15, 0.2) is 0 Å². The molecule has 0 fully saturated rings. The number of alkyl halides is 2. The number of benzene rings is 1. The highest BCUT2D eigenvalue weighted by atomic mass is 35.5. The lowest BCUT2D eigenvalue weighted by atomic mass is 10.0. The second-order valence-corrected chi connectivity index (χ2v) is 3.83. The Labute approximate surface area is 106 Å². The first-order valence-corrected chi connectivity index (χ1v) is 5.39. The van der Waals surface area contributed by atoms with Crippen LogP contribution in [-0.2, 0) is 0 Å². The summed E-state index contributed by atoms with van der Waals surface area (Å²) in [6.07, 6.45) is -0.0878. The molecular formula is C12H17ClF3N. The first-order valence-electron chi connectivity index (χ1n) is 5.39. The highest BCUT2D eigenvalue weighted by Gasteiger charge is 2.15. The van der Waals surface area contributed by atoms with E-state index in [9.17, 15) is 13.2 Å². The van der Waals surface area contributed by atoms with Crippen molar-refractivity contribution in [3.05, 3.63) is 35.1 Å². The normalized spacial score (nSPS) is 12.4. The molecule has 2 N–H and O–H groups in total. The molecule has 1 nitrogen and oxygen atoms in total. The standard InChI is InChI=1S/C12H16F3N.ClH/c1-2-3-4-11(16)8-5-6-9(12(14)15)10(13)7-8;/h5-7,11-12H,2-4,16H2,1H3;1H/t11-;/m1./s1. The van der Waals surface area contributed by atoms with Gasteiger partial charge in [0.1, 0.15) is 5.82 Å². The topological polar surface area (TPSA) is 26.0 Å². The third-order valence-corrected chi connectivity index (χ3v) is 2.56. The lowest BCUT2D eigenvalue weighted by molar-refractivity contribution is 0.146. The summed E-state index contributed by atoms with van der Waals surface area (Å²) in [5, 5.41) is 0. The molecule has 0 unspecified atom stereocenters. The van der Waals surface area contributed by atoms with E-state index < -0.39 is 17.8 Å². The fraction of sp³-hybridized carbons (Fsp3) is 0.500. The van der Waals surface area contributed by atoms with Crippen LogP contribution < -0.4 is 5.73 Å². The molecule has 0 radical (unpaired) electrons. The van der Waals surface area contributed by atoms with Crippen LogP contribution in [0, 0.1) is 5.82 Å². The lowest BCUT2D eigenvalue weighted by Gasteiger charge is -2.12. The van der Waals surface area contributed by atoms with E-state index in [1.807, 2.05) is 6.92 Å². The molecule has 0 saturated heterocycles. The van der Waals surface area contributed by atoms with Gasteiger partial charge in [-0.25, -0.2) is 13.2 Å². The average Bonchev–Trinajstić information content (AvgIpc) is 2.25. The summed E-state index contributed by atoms with van der Waals surface area (Å²) in [5.74, 6) is -0.876. The smallest absolute Gasteiger partial charge is 0.266 e. The van der Waals surface area contributed by atoms with Crippen molar-refractivity contribution in [1.29, 1.82) is 0 Å². The van der Waals surface area contributed by atoms with Gasteiger partial charge < -0.3 is 5.73 Å². The quantitative estimate of drug-likeness (QED) is 0.842. The predicted octanol–water partition coefficient (Wildman–Crippen LogP) is 4.38. The Morgan fingerprint density at radius 2 is 1.94 bits per heavy atom. The largest absolute Gasteiger partial charge is 0.324 e. The monoisotopic (exact) mass is 267 g/mol. The molecule has 98 valence electrons. The van der Waals surface area contributed by atoms with Crippen LogP contribution in [0.1, 0.15) is 49.8 Å².